The van der Waals surface area contributed by atoms with E-state index in [4.69, 9.17) is 9.39 Å². The van der Waals surface area contributed by atoms with Crippen molar-refractivity contribution in [1.29, 1.82) is 0 Å². The molecule has 0 saturated heterocycles. The minimum Gasteiger partial charge on any atom is -0.497 e. The van der Waals surface area contributed by atoms with E-state index in [1.54, 1.807) is 7.11 Å². The van der Waals surface area contributed by atoms with Crippen molar-refractivity contribution in [2.24, 2.45) is 0 Å². The molecule has 1 heterocycles. The van der Waals surface area contributed by atoms with Crippen LogP contribution in [0.2, 0.25) is 0 Å². The molecule has 4 rings (SSSR count). The molecule has 29 heavy (non-hydrogen) atoms. The summed E-state index contributed by atoms with van der Waals surface area (Å²) in [5, 5.41) is 12.8. The average Bonchev–Trinajstić information content (AvgIpc) is 3.13. The zero-order chi connectivity index (χ0) is 20.2. The molecule has 1 aliphatic rings. The van der Waals surface area contributed by atoms with Crippen molar-refractivity contribution >= 4 is 24.2 Å². The molecular formula is C23H22BNO4. The highest BCUT2D eigenvalue weighted by Gasteiger charge is 2.27. The van der Waals surface area contributed by atoms with Gasteiger partial charge in [0.25, 0.3) is 0 Å². The zero-order valence-corrected chi connectivity index (χ0v) is 16.2. The van der Waals surface area contributed by atoms with Crippen molar-refractivity contribution < 1.29 is 19.2 Å². The van der Waals surface area contributed by atoms with E-state index in [1.165, 1.54) is 0 Å². The molecule has 2 N–H and O–H groups in total. The van der Waals surface area contributed by atoms with E-state index >= 15 is 0 Å². The summed E-state index contributed by atoms with van der Waals surface area (Å²) in [7, 11) is 0.780. The molecule has 146 valence electrons. The third-order valence-corrected chi connectivity index (χ3v) is 5.06. The predicted octanol–water partition coefficient (Wildman–Crippen LogP) is 3.15. The van der Waals surface area contributed by atoms with Gasteiger partial charge >= 0.3 is 7.12 Å². The highest BCUT2D eigenvalue weighted by atomic mass is 16.5. The lowest BCUT2D eigenvalue weighted by molar-refractivity contribution is -0.116. The number of hydrogen-bond donors (Lipinski definition) is 2. The second kappa shape index (κ2) is 8.51. The van der Waals surface area contributed by atoms with Gasteiger partial charge in [0.05, 0.1) is 13.7 Å². The lowest BCUT2D eigenvalue weighted by atomic mass is 9.78. The van der Waals surface area contributed by atoms with E-state index in [1.807, 2.05) is 66.7 Å². The van der Waals surface area contributed by atoms with Gasteiger partial charge in [0.15, 0.2) is 0 Å². The predicted molar refractivity (Wildman–Crippen MR) is 114 cm³/mol. The van der Waals surface area contributed by atoms with Crippen LogP contribution in [0.25, 0.3) is 11.1 Å². The van der Waals surface area contributed by atoms with Crippen molar-refractivity contribution in [3.63, 3.8) is 0 Å². The second-order valence-electron chi connectivity index (χ2n) is 7.06. The number of aryl methyl sites for hydroxylation is 1. The van der Waals surface area contributed by atoms with Crippen molar-refractivity contribution in [1.82, 2.24) is 0 Å². The minimum atomic E-state index is -0.863. The molecule has 1 aliphatic heterocycles. The van der Waals surface area contributed by atoms with Gasteiger partial charge in [-0.2, -0.15) is 0 Å². The molecular weight excluding hydrogens is 365 g/mol. The number of carbonyl (C=O) groups excluding carboxylic acids is 1. The van der Waals surface area contributed by atoms with Crippen LogP contribution in [-0.2, 0) is 22.5 Å². The smallest absolute Gasteiger partial charge is 0.491 e. The summed E-state index contributed by atoms with van der Waals surface area (Å²) < 4.78 is 10.5. The summed E-state index contributed by atoms with van der Waals surface area (Å²) in [5.41, 5.74) is 5.60. The average molecular weight is 387 g/mol. The van der Waals surface area contributed by atoms with E-state index in [0.717, 1.165) is 39.2 Å². The molecule has 0 saturated carbocycles. The zero-order valence-electron chi connectivity index (χ0n) is 16.2. The van der Waals surface area contributed by atoms with Crippen LogP contribution in [0.5, 0.6) is 5.75 Å². The molecule has 1 amide bonds. The minimum absolute atomic E-state index is 0.0508. The number of carbonyl (C=O) groups is 1. The van der Waals surface area contributed by atoms with Gasteiger partial charge in [0.2, 0.25) is 5.91 Å². The Bertz CT molecular complexity index is 1040. The van der Waals surface area contributed by atoms with Crippen LogP contribution in [0, 0.1) is 0 Å². The third-order valence-electron chi connectivity index (χ3n) is 5.06. The Labute approximate surface area is 170 Å². The summed E-state index contributed by atoms with van der Waals surface area (Å²) in [4.78, 5) is 12.4. The van der Waals surface area contributed by atoms with E-state index in [0.29, 0.717) is 19.4 Å². The van der Waals surface area contributed by atoms with Gasteiger partial charge in [0.1, 0.15) is 5.75 Å². The molecule has 0 bridgehead atoms. The Hall–Kier alpha value is -3.09. The Kier molecular flexibility index (Phi) is 5.65. The van der Waals surface area contributed by atoms with Crippen LogP contribution >= 0.6 is 0 Å². The number of benzene rings is 3. The number of fused-ring (bicyclic) bond motifs is 1. The fourth-order valence-corrected chi connectivity index (χ4v) is 3.48. The fraction of sp³-hybridized carbons (Fsp3) is 0.174. The van der Waals surface area contributed by atoms with Crippen molar-refractivity contribution in [3.8, 4) is 16.9 Å². The Balaban J connectivity index is 1.39. The molecule has 0 aliphatic carbocycles. The number of rotatable bonds is 6. The molecule has 0 atom stereocenters. The van der Waals surface area contributed by atoms with Gasteiger partial charge in [0, 0.05) is 12.1 Å². The van der Waals surface area contributed by atoms with E-state index < -0.39 is 7.12 Å². The highest BCUT2D eigenvalue weighted by Crippen LogP contribution is 2.26. The SMILES string of the molecule is COc1cccc(-c2cccc(NC(=O)CCc3ccc4c(c3)B(O)OC4)c2)c1. The Morgan fingerprint density at radius 1 is 1.10 bits per heavy atom. The second-order valence-corrected chi connectivity index (χ2v) is 7.06. The first-order valence-electron chi connectivity index (χ1n) is 9.58. The lowest BCUT2D eigenvalue weighted by Crippen LogP contribution is -2.28. The molecule has 5 nitrogen and oxygen atoms in total. The van der Waals surface area contributed by atoms with E-state index in [2.05, 4.69) is 5.32 Å². The monoisotopic (exact) mass is 387 g/mol. The standard InChI is InChI=1S/C23H22BNO4/c1-28-21-7-3-5-18(14-21)17-4-2-6-20(13-17)25-23(26)11-9-16-8-10-19-15-29-24(27)22(19)12-16/h2-8,10,12-14,27H,9,11,15H2,1H3,(H,25,26). The molecule has 3 aromatic carbocycles. The number of hydrogen-bond acceptors (Lipinski definition) is 4. The summed E-state index contributed by atoms with van der Waals surface area (Å²) in [6.45, 7) is 0.431. The van der Waals surface area contributed by atoms with Crippen molar-refractivity contribution in [2.45, 2.75) is 19.4 Å². The third kappa shape index (κ3) is 4.50. The maximum absolute atomic E-state index is 12.4. The molecule has 0 spiro atoms. The van der Waals surface area contributed by atoms with Crippen LogP contribution in [0.3, 0.4) is 0 Å². The van der Waals surface area contributed by atoms with Crippen LogP contribution < -0.4 is 15.5 Å². The van der Waals surface area contributed by atoms with Gasteiger partial charge in [-0.05, 0) is 58.4 Å². The van der Waals surface area contributed by atoms with Crippen LogP contribution in [-0.4, -0.2) is 25.2 Å². The maximum Gasteiger partial charge on any atom is 0.491 e. The highest BCUT2D eigenvalue weighted by molar-refractivity contribution is 6.61. The van der Waals surface area contributed by atoms with E-state index in [-0.39, 0.29) is 5.91 Å². The first-order chi connectivity index (χ1) is 14.1. The molecule has 6 heteroatoms. The van der Waals surface area contributed by atoms with Gasteiger partial charge in [-0.25, -0.2) is 0 Å². The lowest BCUT2D eigenvalue weighted by Gasteiger charge is -2.09. The van der Waals surface area contributed by atoms with Gasteiger partial charge in [-0.3, -0.25) is 4.79 Å². The topological polar surface area (TPSA) is 67.8 Å². The van der Waals surface area contributed by atoms with Gasteiger partial charge in [-0.1, -0.05) is 42.5 Å². The van der Waals surface area contributed by atoms with E-state index in [9.17, 15) is 9.82 Å². The summed E-state index contributed by atoms with van der Waals surface area (Å²) >= 11 is 0. The molecule has 3 aromatic rings. The largest absolute Gasteiger partial charge is 0.497 e. The fourth-order valence-electron chi connectivity index (χ4n) is 3.48. The van der Waals surface area contributed by atoms with Crippen LogP contribution in [0.15, 0.2) is 66.7 Å². The molecule has 0 radical (unpaired) electrons. The van der Waals surface area contributed by atoms with Crippen molar-refractivity contribution in [3.05, 3.63) is 77.9 Å². The Morgan fingerprint density at radius 2 is 1.90 bits per heavy atom. The quantitative estimate of drug-likeness (QED) is 0.638. The molecule has 0 unspecified atom stereocenters. The van der Waals surface area contributed by atoms with Crippen molar-refractivity contribution in [2.75, 3.05) is 12.4 Å². The van der Waals surface area contributed by atoms with Crippen LogP contribution in [0.4, 0.5) is 5.69 Å². The normalized spacial score (nSPS) is 12.6. The Morgan fingerprint density at radius 3 is 2.72 bits per heavy atom. The van der Waals surface area contributed by atoms with Gasteiger partial charge < -0.3 is 19.7 Å². The summed E-state index contributed by atoms with van der Waals surface area (Å²) in [5.74, 6) is 0.742. The number of amides is 1. The number of anilines is 1. The number of methoxy groups -OCH3 is 1. The first kappa shape index (κ1) is 19.2. The first-order valence-corrected chi connectivity index (χ1v) is 9.58. The molecule has 0 fully saturated rings. The molecule has 0 aromatic heterocycles. The summed E-state index contributed by atoms with van der Waals surface area (Å²) in [6, 6.07) is 21.4. The van der Waals surface area contributed by atoms with Gasteiger partial charge in [-0.15, -0.1) is 0 Å². The number of ether oxygens (including phenoxy) is 1. The number of nitrogens with one attached hydrogen (secondary N) is 1. The van der Waals surface area contributed by atoms with Crippen LogP contribution in [0.1, 0.15) is 17.5 Å². The summed E-state index contributed by atoms with van der Waals surface area (Å²) in [6.07, 6.45) is 0.959. The maximum atomic E-state index is 12.4.